The van der Waals surface area contributed by atoms with Gasteiger partial charge in [-0.05, 0) is 77.1 Å². The number of rotatable bonds is 9. The van der Waals surface area contributed by atoms with Crippen LogP contribution in [0.3, 0.4) is 0 Å². The van der Waals surface area contributed by atoms with Crippen molar-refractivity contribution in [3.63, 3.8) is 0 Å². The Balaban J connectivity index is 1.93. The van der Waals surface area contributed by atoms with Gasteiger partial charge in [0.15, 0.2) is 6.04 Å². The highest BCUT2D eigenvalue weighted by Crippen LogP contribution is 2.29. The molecule has 3 aromatic rings. The number of benzene rings is 2. The number of hydrogen-bond donors (Lipinski definition) is 2. The van der Waals surface area contributed by atoms with Crippen LogP contribution in [0.1, 0.15) is 51.9 Å². The first-order valence-electron chi connectivity index (χ1n) is 11.6. The lowest BCUT2D eigenvalue weighted by Gasteiger charge is -2.33. The van der Waals surface area contributed by atoms with Crippen LogP contribution >= 0.6 is 0 Å². The normalized spacial score (nSPS) is 11.9. The van der Waals surface area contributed by atoms with Gasteiger partial charge in [0.05, 0.1) is 36.3 Å². The third-order valence-corrected chi connectivity index (χ3v) is 4.87. The molecule has 0 bridgehead atoms. The van der Waals surface area contributed by atoms with Crippen molar-refractivity contribution in [2.45, 2.75) is 52.4 Å². The highest BCUT2D eigenvalue weighted by Gasteiger charge is 2.35. The molecule has 1 unspecified atom stereocenters. The lowest BCUT2D eigenvalue weighted by molar-refractivity contribution is -0.156. The smallest absolute Gasteiger partial charge is 0.335 e. The zero-order chi connectivity index (χ0) is 26.3. The molecule has 2 N–H and O–H groups in total. The van der Waals surface area contributed by atoms with E-state index in [1.54, 1.807) is 80.4 Å². The van der Waals surface area contributed by atoms with Gasteiger partial charge in [-0.15, -0.1) is 0 Å². The van der Waals surface area contributed by atoms with Crippen LogP contribution in [-0.4, -0.2) is 40.1 Å². The van der Waals surface area contributed by atoms with Gasteiger partial charge in [-0.3, -0.25) is 4.79 Å². The number of esters is 1. The van der Waals surface area contributed by atoms with Crippen molar-refractivity contribution in [2.24, 2.45) is 0 Å². The number of imidazole rings is 1. The Bertz CT molecular complexity index is 1210. The SMILES string of the molecule is CC(C)Oc1ccc(NC(=O)CN(c2cccc(C#N)c2)C(C(=O)OC(C)(C)C)c2c[nH]cn2)cc1. The zero-order valence-corrected chi connectivity index (χ0v) is 21.1. The second-order valence-electron chi connectivity index (χ2n) is 9.46. The average molecular weight is 490 g/mol. The molecule has 36 heavy (non-hydrogen) atoms. The summed E-state index contributed by atoms with van der Waals surface area (Å²) in [4.78, 5) is 35.2. The Morgan fingerprint density at radius 2 is 1.89 bits per heavy atom. The fourth-order valence-corrected chi connectivity index (χ4v) is 3.52. The first-order chi connectivity index (χ1) is 17.1. The maximum Gasteiger partial charge on any atom is 0.335 e. The van der Waals surface area contributed by atoms with Crippen LogP contribution in [0.2, 0.25) is 0 Å². The van der Waals surface area contributed by atoms with Crippen molar-refractivity contribution >= 4 is 23.3 Å². The van der Waals surface area contributed by atoms with Crippen LogP contribution < -0.4 is 15.0 Å². The number of aromatic nitrogens is 2. The second-order valence-corrected chi connectivity index (χ2v) is 9.46. The zero-order valence-electron chi connectivity index (χ0n) is 21.1. The summed E-state index contributed by atoms with van der Waals surface area (Å²) in [5, 5.41) is 12.3. The van der Waals surface area contributed by atoms with Gasteiger partial charge in [-0.25, -0.2) is 9.78 Å². The first-order valence-corrected chi connectivity index (χ1v) is 11.6. The third kappa shape index (κ3) is 7.34. The number of anilines is 2. The van der Waals surface area contributed by atoms with Gasteiger partial charge in [0.1, 0.15) is 11.4 Å². The Morgan fingerprint density at radius 3 is 2.47 bits per heavy atom. The number of nitriles is 1. The third-order valence-electron chi connectivity index (χ3n) is 4.87. The largest absolute Gasteiger partial charge is 0.491 e. The van der Waals surface area contributed by atoms with Crippen molar-refractivity contribution in [2.75, 3.05) is 16.8 Å². The molecule has 1 amide bonds. The molecule has 0 aliphatic rings. The molecule has 0 spiro atoms. The van der Waals surface area contributed by atoms with Gasteiger partial charge in [0.25, 0.3) is 0 Å². The van der Waals surface area contributed by atoms with E-state index in [1.165, 1.54) is 6.33 Å². The summed E-state index contributed by atoms with van der Waals surface area (Å²) in [6, 6.07) is 14.8. The minimum absolute atomic E-state index is 0.0370. The quantitative estimate of drug-likeness (QED) is 0.422. The van der Waals surface area contributed by atoms with Gasteiger partial charge in [-0.1, -0.05) is 6.07 Å². The van der Waals surface area contributed by atoms with E-state index in [9.17, 15) is 14.9 Å². The number of carbonyl (C=O) groups excluding carboxylic acids is 2. The first kappa shape index (κ1) is 26.3. The van der Waals surface area contributed by atoms with E-state index in [0.717, 1.165) is 0 Å². The van der Waals surface area contributed by atoms with Crippen molar-refractivity contribution in [3.8, 4) is 11.8 Å². The summed E-state index contributed by atoms with van der Waals surface area (Å²) in [5.74, 6) is -0.236. The van der Waals surface area contributed by atoms with E-state index in [-0.39, 0.29) is 18.6 Å². The van der Waals surface area contributed by atoms with Crippen molar-refractivity contribution in [1.82, 2.24) is 9.97 Å². The molecular formula is C27H31N5O4. The van der Waals surface area contributed by atoms with Gasteiger partial charge in [-0.2, -0.15) is 5.26 Å². The summed E-state index contributed by atoms with van der Waals surface area (Å²) < 4.78 is 11.3. The molecule has 188 valence electrons. The minimum atomic E-state index is -1.03. The Morgan fingerprint density at radius 1 is 1.17 bits per heavy atom. The monoisotopic (exact) mass is 489 g/mol. The minimum Gasteiger partial charge on any atom is -0.491 e. The molecule has 0 fully saturated rings. The maximum absolute atomic E-state index is 13.4. The topological polar surface area (TPSA) is 120 Å². The predicted molar refractivity (Wildman–Crippen MR) is 137 cm³/mol. The van der Waals surface area contributed by atoms with E-state index in [4.69, 9.17) is 9.47 Å². The molecule has 0 saturated heterocycles. The summed E-state index contributed by atoms with van der Waals surface area (Å²) in [6.45, 7) is 8.99. The molecule has 9 heteroatoms. The molecule has 2 aromatic carbocycles. The Hall–Kier alpha value is -4.32. The van der Waals surface area contributed by atoms with E-state index in [1.807, 2.05) is 13.8 Å². The highest BCUT2D eigenvalue weighted by molar-refractivity contribution is 5.95. The van der Waals surface area contributed by atoms with Crippen LogP contribution in [0.15, 0.2) is 61.1 Å². The molecule has 1 atom stereocenters. The number of hydrogen-bond acceptors (Lipinski definition) is 7. The fraction of sp³-hybridized carbons (Fsp3) is 0.333. The lowest BCUT2D eigenvalue weighted by atomic mass is 10.1. The van der Waals surface area contributed by atoms with E-state index in [2.05, 4.69) is 21.4 Å². The standard InChI is InChI=1S/C27H31N5O4/c1-18(2)35-22-11-9-20(10-12-22)31-24(33)16-32(21-8-6-7-19(13-21)14-28)25(23-15-29-17-30-23)26(34)36-27(3,4)5/h6-13,15,17-18,25H,16H2,1-5H3,(H,29,30)(H,31,33). The summed E-state index contributed by atoms with van der Waals surface area (Å²) >= 11 is 0. The number of nitrogens with one attached hydrogen (secondary N) is 2. The van der Waals surface area contributed by atoms with Crippen molar-refractivity contribution < 1.29 is 19.1 Å². The predicted octanol–water partition coefficient (Wildman–Crippen LogP) is 4.60. The lowest BCUT2D eigenvalue weighted by Crippen LogP contribution is -2.42. The van der Waals surface area contributed by atoms with E-state index < -0.39 is 17.6 Å². The maximum atomic E-state index is 13.4. The Labute approximate surface area is 211 Å². The number of aromatic amines is 1. The van der Waals surface area contributed by atoms with Crippen molar-refractivity contribution in [3.05, 3.63) is 72.3 Å². The molecule has 0 saturated carbocycles. The molecule has 1 aromatic heterocycles. The molecule has 3 rings (SSSR count). The molecular weight excluding hydrogens is 458 g/mol. The number of H-pyrrole nitrogens is 1. The van der Waals surface area contributed by atoms with Crippen LogP contribution in [0.5, 0.6) is 5.75 Å². The van der Waals surface area contributed by atoms with E-state index >= 15 is 0 Å². The van der Waals surface area contributed by atoms with Crippen LogP contribution in [0, 0.1) is 11.3 Å². The summed E-state index contributed by atoms with van der Waals surface area (Å²) in [5.41, 5.74) is 1.10. The molecule has 0 radical (unpaired) electrons. The molecule has 0 aliphatic heterocycles. The molecule has 9 nitrogen and oxygen atoms in total. The van der Waals surface area contributed by atoms with Crippen LogP contribution in [0.25, 0.3) is 0 Å². The Kier molecular flexibility index (Phi) is 8.33. The van der Waals surface area contributed by atoms with E-state index in [0.29, 0.717) is 28.4 Å². The van der Waals surface area contributed by atoms with Gasteiger partial charge < -0.3 is 24.7 Å². The number of nitrogens with zero attached hydrogens (tertiary/aromatic N) is 3. The second kappa shape index (κ2) is 11.4. The highest BCUT2D eigenvalue weighted by atomic mass is 16.6. The fourth-order valence-electron chi connectivity index (χ4n) is 3.52. The molecule has 0 aliphatic carbocycles. The summed E-state index contributed by atoms with van der Waals surface area (Å²) in [6.07, 6.45) is 3.08. The van der Waals surface area contributed by atoms with Crippen LogP contribution in [0.4, 0.5) is 11.4 Å². The van der Waals surface area contributed by atoms with Crippen molar-refractivity contribution in [1.29, 1.82) is 5.26 Å². The number of amides is 1. The summed E-state index contributed by atoms with van der Waals surface area (Å²) in [7, 11) is 0. The van der Waals surface area contributed by atoms with Gasteiger partial charge >= 0.3 is 5.97 Å². The molecule has 1 heterocycles. The number of ether oxygens (including phenoxy) is 2. The van der Waals surface area contributed by atoms with Gasteiger partial charge in [0.2, 0.25) is 5.91 Å². The number of carbonyl (C=O) groups is 2. The van der Waals surface area contributed by atoms with Crippen LogP contribution in [-0.2, 0) is 14.3 Å². The van der Waals surface area contributed by atoms with Gasteiger partial charge in [0, 0.05) is 17.6 Å². The average Bonchev–Trinajstić information content (AvgIpc) is 3.33.